The van der Waals surface area contributed by atoms with E-state index in [4.69, 9.17) is 22.7 Å². The Balaban J connectivity index is 3.24. The molecule has 1 aromatic rings. The molecule has 0 saturated carbocycles. The molecule has 0 bridgehead atoms. The van der Waals surface area contributed by atoms with Crippen molar-refractivity contribution in [3.63, 3.8) is 0 Å². The largest absolute Gasteiger partial charge is 0.389 e. The van der Waals surface area contributed by atoms with E-state index >= 15 is 0 Å². The quantitative estimate of drug-likeness (QED) is 0.793. The van der Waals surface area contributed by atoms with Gasteiger partial charge in [0.25, 0.3) is 0 Å². The van der Waals surface area contributed by atoms with E-state index in [9.17, 15) is 8.42 Å². The second-order valence-electron chi connectivity index (χ2n) is 4.19. The summed E-state index contributed by atoms with van der Waals surface area (Å²) in [4.78, 5) is 0.180. The van der Waals surface area contributed by atoms with Crippen LogP contribution in [0.4, 0.5) is 0 Å². The molecule has 0 aromatic heterocycles. The fraction of sp³-hybridized carbons (Fsp3) is 0.417. The molecule has 0 saturated heterocycles. The number of sulfonamides is 1. The first-order valence-corrected chi connectivity index (χ1v) is 7.53. The van der Waals surface area contributed by atoms with Gasteiger partial charge in [-0.2, -0.15) is 4.31 Å². The number of likely N-dealkylation sites (N-methyl/N-ethyl adjacent to an activating group) is 1. The lowest BCUT2D eigenvalue weighted by Gasteiger charge is -2.24. The lowest BCUT2D eigenvalue weighted by Crippen LogP contribution is -2.38. The third-order valence-corrected chi connectivity index (χ3v) is 5.09. The summed E-state index contributed by atoms with van der Waals surface area (Å²) in [6, 6.07) is 6.16. The third-order valence-electron chi connectivity index (χ3n) is 2.84. The molecule has 0 spiro atoms. The van der Waals surface area contributed by atoms with Gasteiger partial charge in [0.2, 0.25) is 10.0 Å². The van der Waals surface area contributed by atoms with Crippen molar-refractivity contribution in [1.82, 2.24) is 4.31 Å². The second kappa shape index (κ2) is 6.42. The predicted molar refractivity (Wildman–Crippen MR) is 78.6 cm³/mol. The van der Waals surface area contributed by atoms with E-state index in [1.165, 1.54) is 24.5 Å². The molecule has 0 aliphatic rings. The first-order valence-electron chi connectivity index (χ1n) is 5.68. The van der Waals surface area contributed by atoms with Crippen molar-refractivity contribution in [3.05, 3.63) is 29.8 Å². The average Bonchev–Trinajstić information content (AvgIpc) is 2.38. The van der Waals surface area contributed by atoms with Crippen LogP contribution in [0.1, 0.15) is 12.5 Å². The molecule has 1 atom stereocenters. The van der Waals surface area contributed by atoms with Crippen LogP contribution in [0.3, 0.4) is 0 Å². The highest BCUT2D eigenvalue weighted by Crippen LogP contribution is 2.20. The normalized spacial score (nSPS) is 13.5. The van der Waals surface area contributed by atoms with Crippen molar-refractivity contribution in [2.24, 2.45) is 5.73 Å². The summed E-state index contributed by atoms with van der Waals surface area (Å²) in [5.41, 5.74) is 5.93. The van der Waals surface area contributed by atoms with Gasteiger partial charge in [0.05, 0.1) is 11.5 Å². The van der Waals surface area contributed by atoms with Crippen LogP contribution in [0.25, 0.3) is 0 Å². The van der Waals surface area contributed by atoms with E-state index in [2.05, 4.69) is 0 Å². The molecule has 19 heavy (non-hydrogen) atoms. The number of methoxy groups -OCH3 is 1. The predicted octanol–water partition coefficient (Wildman–Crippen LogP) is 0.976. The molecule has 0 radical (unpaired) electrons. The van der Waals surface area contributed by atoms with Gasteiger partial charge in [-0.25, -0.2) is 8.42 Å². The molecule has 0 amide bonds. The smallest absolute Gasteiger partial charge is 0.243 e. The van der Waals surface area contributed by atoms with Crippen LogP contribution in [-0.2, 0) is 14.8 Å². The molecule has 7 heteroatoms. The standard InChI is InChI=1S/C12H18N2O3S2/c1-9(8-17-3)14(2)19(15,16)11-7-5-4-6-10(11)12(13)18/h4-7,9H,8H2,1-3H3,(H2,13,18). The van der Waals surface area contributed by atoms with Crippen LogP contribution in [0, 0.1) is 0 Å². The third kappa shape index (κ3) is 3.50. The molecule has 0 aliphatic carbocycles. The maximum absolute atomic E-state index is 12.5. The van der Waals surface area contributed by atoms with Crippen molar-refractivity contribution < 1.29 is 13.2 Å². The Kier molecular flexibility index (Phi) is 5.42. The van der Waals surface area contributed by atoms with Gasteiger partial charge in [-0.1, -0.05) is 30.4 Å². The maximum Gasteiger partial charge on any atom is 0.243 e. The Bertz CT molecular complexity index is 558. The molecule has 1 aromatic carbocycles. The number of hydrogen-bond acceptors (Lipinski definition) is 4. The molecule has 1 unspecified atom stereocenters. The monoisotopic (exact) mass is 302 g/mol. The molecule has 0 aliphatic heterocycles. The Labute approximate surface area is 119 Å². The zero-order valence-electron chi connectivity index (χ0n) is 11.2. The van der Waals surface area contributed by atoms with Crippen LogP contribution in [0.15, 0.2) is 29.2 Å². The van der Waals surface area contributed by atoms with Gasteiger partial charge in [-0.15, -0.1) is 0 Å². The summed E-state index contributed by atoms with van der Waals surface area (Å²) >= 11 is 4.89. The molecule has 5 nitrogen and oxygen atoms in total. The SMILES string of the molecule is COCC(C)N(C)S(=O)(=O)c1ccccc1C(N)=S. The summed E-state index contributed by atoms with van der Waals surface area (Å²) in [5.74, 6) is 0. The van der Waals surface area contributed by atoms with Crippen molar-refractivity contribution in [1.29, 1.82) is 0 Å². The van der Waals surface area contributed by atoms with E-state index in [1.54, 1.807) is 25.1 Å². The van der Waals surface area contributed by atoms with Crippen molar-refractivity contribution >= 4 is 27.2 Å². The number of nitrogens with two attached hydrogens (primary N) is 1. The van der Waals surface area contributed by atoms with Crippen LogP contribution in [0.5, 0.6) is 0 Å². The lowest BCUT2D eigenvalue weighted by atomic mass is 10.2. The summed E-state index contributed by atoms with van der Waals surface area (Å²) < 4.78 is 31.3. The van der Waals surface area contributed by atoms with Crippen LogP contribution in [-0.4, -0.2) is 44.5 Å². The second-order valence-corrected chi connectivity index (χ2v) is 6.59. The fourth-order valence-corrected chi connectivity index (χ4v) is 3.43. The van der Waals surface area contributed by atoms with Crippen LogP contribution < -0.4 is 5.73 Å². The summed E-state index contributed by atoms with van der Waals surface area (Å²) in [5, 5.41) is 0. The molecule has 0 fully saturated rings. The number of thiocarbonyl (C=S) groups is 1. The minimum atomic E-state index is -3.65. The van der Waals surface area contributed by atoms with E-state index in [1.807, 2.05) is 0 Å². The van der Waals surface area contributed by atoms with Gasteiger partial charge in [-0.05, 0) is 13.0 Å². The summed E-state index contributed by atoms with van der Waals surface area (Å²) in [6.07, 6.45) is 0. The summed E-state index contributed by atoms with van der Waals surface area (Å²) in [7, 11) is -0.613. The van der Waals surface area contributed by atoms with Crippen molar-refractivity contribution in [2.45, 2.75) is 17.9 Å². The minimum Gasteiger partial charge on any atom is -0.389 e. The van der Waals surface area contributed by atoms with Gasteiger partial charge in [0, 0.05) is 25.8 Å². The zero-order valence-corrected chi connectivity index (χ0v) is 12.8. The number of benzene rings is 1. The first kappa shape index (κ1) is 16.0. The van der Waals surface area contributed by atoms with E-state index in [0.29, 0.717) is 12.2 Å². The Morgan fingerprint density at radius 3 is 2.58 bits per heavy atom. The van der Waals surface area contributed by atoms with Gasteiger partial charge >= 0.3 is 0 Å². The Morgan fingerprint density at radius 2 is 2.05 bits per heavy atom. The van der Waals surface area contributed by atoms with Crippen LogP contribution >= 0.6 is 12.2 Å². The molecule has 1 rings (SSSR count). The molecular formula is C12H18N2O3S2. The summed E-state index contributed by atoms with van der Waals surface area (Å²) in [6.45, 7) is 2.08. The molecule has 2 N–H and O–H groups in total. The van der Waals surface area contributed by atoms with Crippen molar-refractivity contribution in [2.75, 3.05) is 20.8 Å². The van der Waals surface area contributed by atoms with E-state index in [0.717, 1.165) is 0 Å². The van der Waals surface area contributed by atoms with Gasteiger partial charge in [-0.3, -0.25) is 0 Å². The number of nitrogens with zero attached hydrogens (tertiary/aromatic N) is 1. The molecular weight excluding hydrogens is 284 g/mol. The Morgan fingerprint density at radius 1 is 1.47 bits per heavy atom. The maximum atomic E-state index is 12.5. The van der Waals surface area contributed by atoms with E-state index < -0.39 is 10.0 Å². The number of ether oxygens (including phenoxy) is 1. The average molecular weight is 302 g/mol. The highest BCUT2D eigenvalue weighted by atomic mass is 32.2. The molecule has 0 heterocycles. The number of hydrogen-bond donors (Lipinski definition) is 1. The van der Waals surface area contributed by atoms with Crippen LogP contribution in [0.2, 0.25) is 0 Å². The topological polar surface area (TPSA) is 72.6 Å². The molecule has 106 valence electrons. The van der Waals surface area contributed by atoms with Gasteiger partial charge in [0.1, 0.15) is 4.99 Å². The fourth-order valence-electron chi connectivity index (χ4n) is 1.63. The van der Waals surface area contributed by atoms with Crippen molar-refractivity contribution in [3.8, 4) is 0 Å². The lowest BCUT2D eigenvalue weighted by molar-refractivity contribution is 0.149. The number of rotatable bonds is 6. The minimum absolute atomic E-state index is 0.0620. The zero-order chi connectivity index (χ0) is 14.6. The highest BCUT2D eigenvalue weighted by Gasteiger charge is 2.27. The van der Waals surface area contributed by atoms with E-state index in [-0.39, 0.29) is 15.9 Å². The Hall–Kier alpha value is -1.02. The first-order chi connectivity index (χ1) is 8.82. The van der Waals surface area contributed by atoms with Gasteiger partial charge < -0.3 is 10.5 Å². The highest BCUT2D eigenvalue weighted by molar-refractivity contribution is 7.89. The van der Waals surface area contributed by atoms with Gasteiger partial charge in [0.15, 0.2) is 0 Å².